The van der Waals surface area contributed by atoms with Gasteiger partial charge in [-0.2, -0.15) is 0 Å². The second-order valence-corrected chi connectivity index (χ2v) is 13.8. The summed E-state index contributed by atoms with van der Waals surface area (Å²) in [5.74, 6) is 0. The summed E-state index contributed by atoms with van der Waals surface area (Å²) in [5, 5.41) is 0. The van der Waals surface area contributed by atoms with E-state index >= 15 is 0 Å². The maximum absolute atomic E-state index is 5.94. The van der Waals surface area contributed by atoms with Gasteiger partial charge in [-0.25, -0.2) is 0 Å². The molecular formula is C9H25O3PSi2. The quantitative estimate of drug-likeness (QED) is 0.500. The van der Waals surface area contributed by atoms with Crippen molar-refractivity contribution in [1.82, 2.24) is 0 Å². The number of hydrogen-bond donors (Lipinski definition) is 0. The van der Waals surface area contributed by atoms with E-state index in [0.717, 1.165) is 24.9 Å². The number of hydrogen-bond acceptors (Lipinski definition) is 3. The van der Waals surface area contributed by atoms with Gasteiger partial charge in [0.1, 0.15) is 0 Å². The van der Waals surface area contributed by atoms with E-state index < -0.39 is 16.9 Å². The van der Waals surface area contributed by atoms with Gasteiger partial charge in [0.25, 0.3) is 0 Å². The molecule has 0 spiro atoms. The average molecular weight is 268 g/mol. The fraction of sp³-hybridized carbons (Fsp3) is 1.00. The Balaban J connectivity index is 4.23. The zero-order chi connectivity index (χ0) is 11.9. The number of rotatable bonds is 8. The third-order valence-electron chi connectivity index (χ3n) is 2.03. The molecule has 3 nitrogen and oxygen atoms in total. The Morgan fingerprint density at radius 1 is 1.07 bits per heavy atom. The minimum atomic E-state index is -2.35. The van der Waals surface area contributed by atoms with Crippen LogP contribution in [0.5, 0.6) is 0 Å². The van der Waals surface area contributed by atoms with Crippen molar-refractivity contribution in [3.05, 3.63) is 0 Å². The fourth-order valence-corrected chi connectivity index (χ4v) is 5.94. The first-order valence-corrected chi connectivity index (χ1v) is 11.8. The van der Waals surface area contributed by atoms with Crippen LogP contribution in [0.25, 0.3) is 0 Å². The third kappa shape index (κ3) is 6.82. The lowest BCUT2D eigenvalue weighted by atomic mass is 10.6. The van der Waals surface area contributed by atoms with Crippen LogP contribution < -0.4 is 0 Å². The largest absolute Gasteiger partial charge is 0.500 e. The molecule has 0 aromatic rings. The SMILES string of the molecule is CO[Si](CCCP)(OC)OC[Si](C)(C)C. The summed E-state index contributed by atoms with van der Waals surface area (Å²) in [6.45, 7) is 6.85. The molecular weight excluding hydrogens is 243 g/mol. The molecule has 0 aliphatic carbocycles. The maximum Gasteiger partial charge on any atom is 0.500 e. The second kappa shape index (κ2) is 7.14. The van der Waals surface area contributed by atoms with Crippen molar-refractivity contribution in [2.45, 2.75) is 32.1 Å². The lowest BCUT2D eigenvalue weighted by Gasteiger charge is -2.29. The Kier molecular flexibility index (Phi) is 7.50. The minimum absolute atomic E-state index is 0.817. The summed E-state index contributed by atoms with van der Waals surface area (Å²) >= 11 is 0. The average Bonchev–Trinajstić information content (AvgIpc) is 2.18. The molecule has 1 atom stereocenters. The summed E-state index contributed by atoms with van der Waals surface area (Å²) in [6, 6.07) is 0.911. The van der Waals surface area contributed by atoms with E-state index in [1.54, 1.807) is 14.2 Å². The summed E-state index contributed by atoms with van der Waals surface area (Å²) in [7, 11) is 2.57. The molecule has 6 heteroatoms. The molecule has 0 heterocycles. The van der Waals surface area contributed by atoms with Crippen LogP contribution in [0.15, 0.2) is 0 Å². The molecule has 0 amide bonds. The molecule has 15 heavy (non-hydrogen) atoms. The molecule has 0 rings (SSSR count). The Bertz CT molecular complexity index is 169. The van der Waals surface area contributed by atoms with E-state index in [1.807, 2.05) is 0 Å². The highest BCUT2D eigenvalue weighted by Crippen LogP contribution is 2.18. The van der Waals surface area contributed by atoms with Gasteiger partial charge in [0.2, 0.25) is 0 Å². The maximum atomic E-state index is 5.94. The predicted molar refractivity (Wildman–Crippen MR) is 73.1 cm³/mol. The Hall–Kier alpha value is 0.744. The minimum Gasteiger partial charge on any atom is -0.377 e. The van der Waals surface area contributed by atoms with Gasteiger partial charge in [0.05, 0.1) is 8.07 Å². The summed E-state index contributed by atoms with van der Waals surface area (Å²) in [4.78, 5) is 0. The highest BCUT2D eigenvalue weighted by molar-refractivity contribution is 7.16. The molecule has 0 bridgehead atoms. The van der Waals surface area contributed by atoms with Crippen molar-refractivity contribution in [3.8, 4) is 0 Å². The Morgan fingerprint density at radius 3 is 1.93 bits per heavy atom. The molecule has 0 aromatic heterocycles. The van der Waals surface area contributed by atoms with E-state index in [2.05, 4.69) is 28.9 Å². The van der Waals surface area contributed by atoms with Gasteiger partial charge in [-0.05, 0) is 12.6 Å². The van der Waals surface area contributed by atoms with Gasteiger partial charge >= 0.3 is 8.80 Å². The molecule has 0 radical (unpaired) electrons. The summed E-state index contributed by atoms with van der Waals surface area (Å²) < 4.78 is 16.9. The van der Waals surface area contributed by atoms with Crippen LogP contribution in [0, 0.1) is 0 Å². The topological polar surface area (TPSA) is 27.7 Å². The smallest absolute Gasteiger partial charge is 0.377 e. The van der Waals surface area contributed by atoms with Crippen molar-refractivity contribution in [2.24, 2.45) is 0 Å². The molecule has 92 valence electrons. The van der Waals surface area contributed by atoms with Crippen molar-refractivity contribution in [1.29, 1.82) is 0 Å². The lowest BCUT2D eigenvalue weighted by molar-refractivity contribution is 0.114. The molecule has 1 unspecified atom stereocenters. The van der Waals surface area contributed by atoms with Gasteiger partial charge in [-0.15, -0.1) is 9.24 Å². The van der Waals surface area contributed by atoms with E-state index in [0.29, 0.717) is 0 Å². The van der Waals surface area contributed by atoms with Crippen LogP contribution >= 0.6 is 9.24 Å². The molecule has 0 aromatic carbocycles. The first-order valence-electron chi connectivity index (χ1n) is 5.33. The lowest BCUT2D eigenvalue weighted by Crippen LogP contribution is -2.47. The van der Waals surface area contributed by atoms with Crippen molar-refractivity contribution in [2.75, 3.05) is 26.6 Å². The van der Waals surface area contributed by atoms with Crippen molar-refractivity contribution < 1.29 is 13.3 Å². The highest BCUT2D eigenvalue weighted by Gasteiger charge is 2.39. The van der Waals surface area contributed by atoms with Crippen LogP contribution in [0.2, 0.25) is 25.7 Å². The first-order chi connectivity index (χ1) is 6.89. The van der Waals surface area contributed by atoms with Gasteiger partial charge in [0, 0.05) is 26.5 Å². The first kappa shape index (κ1) is 15.7. The third-order valence-corrected chi connectivity index (χ3v) is 6.54. The standard InChI is InChI=1S/C9H25O3PSi2/c1-10-15(11-2,8-6-7-13)12-9-14(3,4)5/h6-9,13H2,1-5H3. The second-order valence-electron chi connectivity index (χ2n) is 4.83. The monoisotopic (exact) mass is 268 g/mol. The van der Waals surface area contributed by atoms with Crippen LogP contribution in [0.1, 0.15) is 6.42 Å². The highest BCUT2D eigenvalue weighted by atomic mass is 31.0. The van der Waals surface area contributed by atoms with Crippen molar-refractivity contribution >= 4 is 26.1 Å². The van der Waals surface area contributed by atoms with Crippen LogP contribution in [-0.4, -0.2) is 43.5 Å². The van der Waals surface area contributed by atoms with Crippen LogP contribution in [0.4, 0.5) is 0 Å². The molecule has 0 fully saturated rings. The molecule has 0 N–H and O–H groups in total. The van der Waals surface area contributed by atoms with Gasteiger partial charge in [-0.1, -0.05) is 19.6 Å². The van der Waals surface area contributed by atoms with E-state index in [1.165, 1.54) is 0 Å². The Morgan fingerprint density at radius 2 is 1.60 bits per heavy atom. The summed E-state index contributed by atoms with van der Waals surface area (Å²) in [6.07, 6.45) is 2.96. The molecule has 0 saturated carbocycles. The van der Waals surface area contributed by atoms with Crippen LogP contribution in [0.3, 0.4) is 0 Å². The van der Waals surface area contributed by atoms with Gasteiger partial charge in [-0.3, -0.25) is 0 Å². The van der Waals surface area contributed by atoms with Gasteiger partial charge < -0.3 is 13.3 Å². The van der Waals surface area contributed by atoms with E-state index in [9.17, 15) is 0 Å². The zero-order valence-corrected chi connectivity index (χ0v) is 13.8. The molecule has 0 aliphatic heterocycles. The Labute approximate surface area is 98.5 Å². The van der Waals surface area contributed by atoms with E-state index in [-0.39, 0.29) is 0 Å². The van der Waals surface area contributed by atoms with Gasteiger partial charge in [0.15, 0.2) is 0 Å². The zero-order valence-electron chi connectivity index (χ0n) is 10.6. The predicted octanol–water partition coefficient (Wildman–Crippen LogP) is 2.38. The van der Waals surface area contributed by atoms with Crippen LogP contribution in [-0.2, 0) is 13.3 Å². The fourth-order valence-electron chi connectivity index (χ4n) is 1.12. The molecule has 0 saturated heterocycles. The molecule has 0 aliphatic rings. The normalized spacial score (nSPS) is 13.2. The summed E-state index contributed by atoms with van der Waals surface area (Å²) in [5.41, 5.74) is 0. The van der Waals surface area contributed by atoms with Crippen molar-refractivity contribution in [3.63, 3.8) is 0 Å². The van der Waals surface area contributed by atoms with E-state index in [4.69, 9.17) is 13.3 Å².